The molecule has 3 nitrogen and oxygen atoms in total. The summed E-state index contributed by atoms with van der Waals surface area (Å²) in [5.41, 5.74) is 0. The van der Waals surface area contributed by atoms with Gasteiger partial charge in [0.1, 0.15) is 0 Å². The van der Waals surface area contributed by atoms with Crippen molar-refractivity contribution in [3.63, 3.8) is 0 Å². The van der Waals surface area contributed by atoms with Crippen molar-refractivity contribution in [1.82, 2.24) is 4.98 Å². The van der Waals surface area contributed by atoms with E-state index >= 15 is 0 Å². The number of halogens is 3. The molecule has 162 valence electrons. The highest BCUT2D eigenvalue weighted by Gasteiger charge is 2.34. The lowest BCUT2D eigenvalue weighted by Crippen LogP contribution is -2.30. The first-order chi connectivity index (χ1) is 14.0. The number of ether oxygens (including phenoxy) is 1. The third-order valence-corrected chi connectivity index (χ3v) is 6.94. The zero-order chi connectivity index (χ0) is 20.8. The first kappa shape index (κ1) is 22.1. The molecule has 29 heavy (non-hydrogen) atoms. The Kier molecular flexibility index (Phi) is 7.96. The number of esters is 1. The summed E-state index contributed by atoms with van der Waals surface area (Å²) in [6.07, 6.45) is 14.0. The minimum Gasteiger partial charge on any atom is -0.421 e. The van der Waals surface area contributed by atoms with Gasteiger partial charge >= 0.3 is 5.97 Å². The quantitative estimate of drug-likeness (QED) is 0.288. The Balaban J connectivity index is 1.42. The molecule has 0 unspecified atom stereocenters. The molecule has 2 aliphatic carbocycles. The van der Waals surface area contributed by atoms with E-state index in [-0.39, 0.29) is 5.92 Å². The molecule has 0 radical (unpaired) electrons. The second-order valence-electron chi connectivity index (χ2n) is 8.86. The van der Waals surface area contributed by atoms with Crippen molar-refractivity contribution >= 4 is 5.97 Å². The fourth-order valence-corrected chi connectivity index (χ4v) is 5.15. The van der Waals surface area contributed by atoms with Crippen LogP contribution in [0.5, 0.6) is 5.75 Å². The largest absolute Gasteiger partial charge is 0.421 e. The minimum absolute atomic E-state index is 0.316. The summed E-state index contributed by atoms with van der Waals surface area (Å²) >= 11 is 0. The summed E-state index contributed by atoms with van der Waals surface area (Å²) in [6.45, 7) is 2.24. The van der Waals surface area contributed by atoms with E-state index in [4.69, 9.17) is 4.74 Å². The molecule has 0 bridgehead atoms. The Morgan fingerprint density at radius 3 is 2.21 bits per heavy atom. The van der Waals surface area contributed by atoms with Crippen LogP contribution in [0.15, 0.2) is 6.07 Å². The van der Waals surface area contributed by atoms with Gasteiger partial charge in [0.05, 0.1) is 5.92 Å². The number of pyridine rings is 1. The molecule has 0 spiro atoms. The van der Waals surface area contributed by atoms with Gasteiger partial charge in [-0.25, -0.2) is 4.39 Å². The minimum atomic E-state index is -1.54. The normalized spacial score (nSPS) is 27.6. The molecule has 0 aromatic carbocycles. The van der Waals surface area contributed by atoms with Gasteiger partial charge in [-0.1, -0.05) is 45.4 Å². The van der Waals surface area contributed by atoms with Crippen molar-refractivity contribution < 1.29 is 22.7 Å². The van der Waals surface area contributed by atoms with E-state index in [1.54, 1.807) is 0 Å². The molecular weight excluding hydrogens is 379 g/mol. The molecule has 2 fully saturated rings. The Morgan fingerprint density at radius 2 is 1.59 bits per heavy atom. The van der Waals surface area contributed by atoms with Gasteiger partial charge in [0.25, 0.3) is 11.9 Å². The van der Waals surface area contributed by atoms with Crippen molar-refractivity contribution in [2.24, 2.45) is 23.7 Å². The van der Waals surface area contributed by atoms with Crippen LogP contribution in [0.1, 0.15) is 84.0 Å². The fourth-order valence-electron chi connectivity index (χ4n) is 5.15. The van der Waals surface area contributed by atoms with Crippen molar-refractivity contribution in [2.45, 2.75) is 84.0 Å². The summed E-state index contributed by atoms with van der Waals surface area (Å²) in [7, 11) is 0. The van der Waals surface area contributed by atoms with Crippen molar-refractivity contribution in [3.05, 3.63) is 23.8 Å². The Labute approximate surface area is 171 Å². The number of carbonyl (C=O) groups excluding carboxylic acids is 1. The third kappa shape index (κ3) is 5.95. The van der Waals surface area contributed by atoms with E-state index in [1.165, 1.54) is 51.4 Å². The third-order valence-electron chi connectivity index (χ3n) is 6.94. The molecule has 6 heteroatoms. The zero-order valence-corrected chi connectivity index (χ0v) is 17.3. The number of hydrogen-bond donors (Lipinski definition) is 0. The van der Waals surface area contributed by atoms with Crippen molar-refractivity contribution in [1.29, 1.82) is 0 Å². The lowest BCUT2D eigenvalue weighted by molar-refractivity contribution is -0.140. The van der Waals surface area contributed by atoms with Gasteiger partial charge in [-0.05, 0) is 56.3 Å². The molecule has 0 saturated heterocycles. The van der Waals surface area contributed by atoms with E-state index in [0.717, 1.165) is 24.7 Å². The molecule has 1 aromatic heterocycles. The van der Waals surface area contributed by atoms with Crippen LogP contribution in [0, 0.1) is 41.4 Å². The fraction of sp³-hybridized carbons (Fsp3) is 0.739. The van der Waals surface area contributed by atoms with Crippen LogP contribution in [-0.4, -0.2) is 11.0 Å². The maximum absolute atomic E-state index is 13.6. The lowest BCUT2D eigenvalue weighted by atomic mass is 9.68. The van der Waals surface area contributed by atoms with Crippen LogP contribution < -0.4 is 4.74 Å². The highest BCUT2D eigenvalue weighted by Crippen LogP contribution is 2.42. The summed E-state index contributed by atoms with van der Waals surface area (Å²) in [6, 6.07) is 0.542. The van der Waals surface area contributed by atoms with Gasteiger partial charge < -0.3 is 4.74 Å². The van der Waals surface area contributed by atoms with Crippen LogP contribution in [-0.2, 0) is 4.79 Å². The second-order valence-corrected chi connectivity index (χ2v) is 8.86. The van der Waals surface area contributed by atoms with Gasteiger partial charge in [0, 0.05) is 6.07 Å². The van der Waals surface area contributed by atoms with Crippen molar-refractivity contribution in [2.75, 3.05) is 0 Å². The van der Waals surface area contributed by atoms with E-state index in [9.17, 15) is 18.0 Å². The Morgan fingerprint density at radius 1 is 0.966 bits per heavy atom. The van der Waals surface area contributed by atoms with Crippen LogP contribution in [0.25, 0.3) is 0 Å². The molecule has 1 heterocycles. The molecule has 0 amide bonds. The van der Waals surface area contributed by atoms with Crippen LogP contribution in [0.2, 0.25) is 0 Å². The predicted octanol–water partition coefficient (Wildman–Crippen LogP) is 6.60. The van der Waals surface area contributed by atoms with Crippen LogP contribution >= 0.6 is 0 Å². The standard InChI is InChI=1S/C23H32F3NO2/c1-2-3-4-5-15-6-8-16(9-7-15)17-10-12-18(13-11-17)23(28)29-20-14-19(24)21(25)27-22(20)26/h14-18H,2-13H2,1H3/t15-,16-,17-,18-. The predicted molar refractivity (Wildman–Crippen MR) is 105 cm³/mol. The number of nitrogens with zero attached hydrogens (tertiary/aromatic N) is 1. The van der Waals surface area contributed by atoms with E-state index in [2.05, 4.69) is 11.9 Å². The molecule has 0 N–H and O–H groups in total. The van der Waals surface area contributed by atoms with Crippen LogP contribution in [0.3, 0.4) is 0 Å². The highest BCUT2D eigenvalue weighted by atomic mass is 19.2. The summed E-state index contributed by atoms with van der Waals surface area (Å²) in [5, 5.41) is 0. The van der Waals surface area contributed by atoms with Gasteiger partial charge in [0.2, 0.25) is 0 Å². The molecular formula is C23H32F3NO2. The van der Waals surface area contributed by atoms with E-state index in [1.807, 2.05) is 0 Å². The number of hydrogen-bond acceptors (Lipinski definition) is 3. The zero-order valence-electron chi connectivity index (χ0n) is 17.3. The number of unbranched alkanes of at least 4 members (excludes halogenated alkanes) is 2. The second kappa shape index (κ2) is 10.4. The van der Waals surface area contributed by atoms with E-state index < -0.39 is 29.4 Å². The van der Waals surface area contributed by atoms with Gasteiger partial charge in [-0.2, -0.15) is 13.8 Å². The first-order valence-corrected chi connectivity index (χ1v) is 11.2. The average molecular weight is 412 g/mol. The summed E-state index contributed by atoms with van der Waals surface area (Å²) in [5.74, 6) is -3.41. The SMILES string of the molecule is CCCCC[C@H]1CC[C@H]([C@H]2CC[C@H](C(=O)Oc3cc(F)c(F)nc3F)CC2)CC1. The van der Waals surface area contributed by atoms with E-state index in [0.29, 0.717) is 24.8 Å². The Hall–Kier alpha value is -1.59. The maximum atomic E-state index is 13.6. The van der Waals surface area contributed by atoms with Gasteiger partial charge in [-0.3, -0.25) is 4.79 Å². The Bertz CT molecular complexity index is 681. The molecule has 2 aliphatic rings. The van der Waals surface area contributed by atoms with Gasteiger partial charge in [0.15, 0.2) is 11.6 Å². The maximum Gasteiger partial charge on any atom is 0.314 e. The lowest BCUT2D eigenvalue weighted by Gasteiger charge is -2.37. The monoisotopic (exact) mass is 411 g/mol. The first-order valence-electron chi connectivity index (χ1n) is 11.2. The number of carbonyl (C=O) groups is 1. The molecule has 0 aliphatic heterocycles. The molecule has 0 atom stereocenters. The number of rotatable bonds is 7. The molecule has 1 aromatic rings. The van der Waals surface area contributed by atoms with Gasteiger partial charge in [-0.15, -0.1) is 0 Å². The average Bonchev–Trinajstić information content (AvgIpc) is 2.73. The summed E-state index contributed by atoms with van der Waals surface area (Å²) in [4.78, 5) is 15.1. The van der Waals surface area contributed by atoms with Crippen LogP contribution in [0.4, 0.5) is 13.2 Å². The van der Waals surface area contributed by atoms with Crippen molar-refractivity contribution in [3.8, 4) is 5.75 Å². The molecule has 3 rings (SSSR count). The molecule has 2 saturated carbocycles. The highest BCUT2D eigenvalue weighted by molar-refractivity contribution is 5.75. The smallest absolute Gasteiger partial charge is 0.314 e. The summed E-state index contributed by atoms with van der Waals surface area (Å²) < 4.78 is 44.7. The topological polar surface area (TPSA) is 39.2 Å². The number of aromatic nitrogens is 1.